The number of phenols is 1. The molecule has 2 heterocycles. The fourth-order valence-electron chi connectivity index (χ4n) is 2.60. The molecule has 0 saturated carbocycles. The van der Waals surface area contributed by atoms with E-state index in [0.717, 1.165) is 25.1 Å². The molecule has 3 rings (SSSR count). The highest BCUT2D eigenvalue weighted by Gasteiger charge is 2.21. The number of aromatic hydroxyl groups is 1. The average molecular weight is 235 g/mol. The van der Waals surface area contributed by atoms with Gasteiger partial charge in [-0.1, -0.05) is 0 Å². The zero-order valence-corrected chi connectivity index (χ0v) is 9.74. The van der Waals surface area contributed by atoms with Gasteiger partial charge >= 0.3 is 0 Å². The summed E-state index contributed by atoms with van der Waals surface area (Å²) in [6.45, 7) is 2.40. The van der Waals surface area contributed by atoms with E-state index in [9.17, 15) is 5.11 Å². The van der Waals surface area contributed by atoms with Crippen LogP contribution in [0.15, 0.2) is 12.1 Å². The van der Waals surface area contributed by atoms with E-state index in [0.29, 0.717) is 17.4 Å². The van der Waals surface area contributed by atoms with Crippen molar-refractivity contribution in [2.24, 2.45) is 5.92 Å². The Morgan fingerprint density at radius 1 is 1.35 bits per heavy atom. The second-order valence-corrected chi connectivity index (χ2v) is 4.77. The number of phenolic OH excluding ortho intramolecular Hbond substituents is 1. The lowest BCUT2D eigenvalue weighted by Crippen LogP contribution is -2.30. The maximum absolute atomic E-state index is 9.82. The third kappa shape index (κ3) is 2.17. The van der Waals surface area contributed by atoms with Crippen LogP contribution in [0.25, 0.3) is 0 Å². The third-order valence-corrected chi connectivity index (χ3v) is 3.44. The van der Waals surface area contributed by atoms with Gasteiger partial charge in [-0.2, -0.15) is 0 Å². The van der Waals surface area contributed by atoms with Crippen LogP contribution in [0.3, 0.4) is 0 Å². The molecule has 0 spiro atoms. The van der Waals surface area contributed by atoms with E-state index in [2.05, 4.69) is 5.32 Å². The Kier molecular flexibility index (Phi) is 2.81. The Balaban J connectivity index is 1.76. The van der Waals surface area contributed by atoms with Crippen molar-refractivity contribution < 1.29 is 14.6 Å². The molecule has 2 aliphatic rings. The summed E-state index contributed by atoms with van der Waals surface area (Å²) in [6, 6.07) is 3.78. The van der Waals surface area contributed by atoms with Crippen LogP contribution < -0.4 is 14.8 Å². The summed E-state index contributed by atoms with van der Waals surface area (Å²) in [7, 11) is 0. The van der Waals surface area contributed by atoms with Crippen molar-refractivity contribution in [1.82, 2.24) is 5.32 Å². The van der Waals surface area contributed by atoms with Gasteiger partial charge in [-0.05, 0) is 56.0 Å². The minimum atomic E-state index is 0.193. The topological polar surface area (TPSA) is 50.7 Å². The highest BCUT2D eigenvalue weighted by Crippen LogP contribution is 2.41. The molecule has 0 bridgehead atoms. The van der Waals surface area contributed by atoms with Crippen molar-refractivity contribution in [3.8, 4) is 17.2 Å². The highest BCUT2D eigenvalue weighted by atomic mass is 16.7. The van der Waals surface area contributed by atoms with Crippen molar-refractivity contribution in [2.45, 2.75) is 19.3 Å². The number of piperidine rings is 1. The maximum Gasteiger partial charge on any atom is 0.231 e. The normalized spacial score (nSPS) is 22.7. The first-order chi connectivity index (χ1) is 8.33. The summed E-state index contributed by atoms with van der Waals surface area (Å²) < 4.78 is 10.5. The molecule has 0 aliphatic carbocycles. The summed E-state index contributed by atoms with van der Waals surface area (Å²) in [4.78, 5) is 0. The number of nitrogens with one attached hydrogen (secondary N) is 1. The van der Waals surface area contributed by atoms with Crippen molar-refractivity contribution in [1.29, 1.82) is 0 Å². The van der Waals surface area contributed by atoms with E-state index in [4.69, 9.17) is 9.47 Å². The van der Waals surface area contributed by atoms with Gasteiger partial charge in [0.1, 0.15) is 0 Å². The SMILES string of the molecule is Oc1cc(CC2CCCNC2)cc2c1OCO2. The molecule has 17 heavy (non-hydrogen) atoms. The molecular formula is C13H17NO3. The van der Waals surface area contributed by atoms with Crippen molar-refractivity contribution >= 4 is 0 Å². The summed E-state index contributed by atoms with van der Waals surface area (Å²) >= 11 is 0. The van der Waals surface area contributed by atoms with Crippen LogP contribution >= 0.6 is 0 Å². The van der Waals surface area contributed by atoms with Crippen LogP contribution in [0.1, 0.15) is 18.4 Å². The maximum atomic E-state index is 9.82. The smallest absolute Gasteiger partial charge is 0.231 e. The number of benzene rings is 1. The second-order valence-electron chi connectivity index (χ2n) is 4.77. The molecular weight excluding hydrogens is 218 g/mol. The molecule has 0 aromatic heterocycles. The lowest BCUT2D eigenvalue weighted by atomic mass is 9.92. The van der Waals surface area contributed by atoms with Crippen LogP contribution in [0, 0.1) is 5.92 Å². The molecule has 1 unspecified atom stereocenters. The first kappa shape index (κ1) is 10.7. The van der Waals surface area contributed by atoms with Gasteiger partial charge in [-0.15, -0.1) is 0 Å². The molecule has 1 saturated heterocycles. The van der Waals surface area contributed by atoms with Crippen molar-refractivity contribution in [3.63, 3.8) is 0 Å². The molecule has 4 nitrogen and oxygen atoms in total. The minimum Gasteiger partial charge on any atom is -0.504 e. The zero-order chi connectivity index (χ0) is 11.7. The first-order valence-corrected chi connectivity index (χ1v) is 6.15. The largest absolute Gasteiger partial charge is 0.504 e. The van der Waals surface area contributed by atoms with Crippen LogP contribution in [0.2, 0.25) is 0 Å². The molecule has 1 aromatic carbocycles. The number of hydrogen-bond acceptors (Lipinski definition) is 4. The fraction of sp³-hybridized carbons (Fsp3) is 0.538. The predicted octanol–water partition coefficient (Wildman–Crippen LogP) is 1.66. The predicted molar refractivity (Wildman–Crippen MR) is 63.5 cm³/mol. The number of hydrogen-bond donors (Lipinski definition) is 2. The Bertz CT molecular complexity index is 413. The molecule has 0 amide bonds. The van der Waals surface area contributed by atoms with E-state index in [-0.39, 0.29) is 12.5 Å². The molecule has 4 heteroatoms. The molecule has 1 fully saturated rings. The highest BCUT2D eigenvalue weighted by molar-refractivity contribution is 5.54. The van der Waals surface area contributed by atoms with Gasteiger partial charge in [0.25, 0.3) is 0 Å². The summed E-state index contributed by atoms with van der Waals surface area (Å²) in [5.74, 6) is 2.00. The number of ether oxygens (including phenoxy) is 2. The van der Waals surface area contributed by atoms with E-state index in [1.165, 1.54) is 12.8 Å². The molecule has 1 aromatic rings. The van der Waals surface area contributed by atoms with Gasteiger partial charge in [-0.25, -0.2) is 0 Å². The Labute approximate surface area is 101 Å². The van der Waals surface area contributed by atoms with Crippen molar-refractivity contribution in [2.75, 3.05) is 19.9 Å². The molecule has 92 valence electrons. The Morgan fingerprint density at radius 3 is 3.12 bits per heavy atom. The summed E-state index contributed by atoms with van der Waals surface area (Å²) in [6.07, 6.45) is 3.47. The van der Waals surface area contributed by atoms with Gasteiger partial charge in [-0.3, -0.25) is 0 Å². The fourth-order valence-corrected chi connectivity index (χ4v) is 2.60. The zero-order valence-electron chi connectivity index (χ0n) is 9.74. The van der Waals surface area contributed by atoms with Gasteiger partial charge in [0.05, 0.1) is 0 Å². The number of rotatable bonds is 2. The van der Waals surface area contributed by atoms with Gasteiger partial charge in [0.2, 0.25) is 12.5 Å². The van der Waals surface area contributed by atoms with Gasteiger partial charge in [0.15, 0.2) is 11.5 Å². The van der Waals surface area contributed by atoms with E-state index in [1.54, 1.807) is 6.07 Å². The van der Waals surface area contributed by atoms with Crippen LogP contribution in [0.5, 0.6) is 17.2 Å². The van der Waals surface area contributed by atoms with E-state index in [1.807, 2.05) is 6.07 Å². The molecule has 2 N–H and O–H groups in total. The minimum absolute atomic E-state index is 0.193. The third-order valence-electron chi connectivity index (χ3n) is 3.44. The first-order valence-electron chi connectivity index (χ1n) is 6.15. The van der Waals surface area contributed by atoms with Crippen LogP contribution in [-0.4, -0.2) is 25.0 Å². The number of fused-ring (bicyclic) bond motifs is 1. The lowest BCUT2D eigenvalue weighted by molar-refractivity contribution is 0.171. The molecule has 2 aliphatic heterocycles. The Morgan fingerprint density at radius 2 is 2.29 bits per heavy atom. The van der Waals surface area contributed by atoms with Gasteiger partial charge in [0, 0.05) is 0 Å². The van der Waals surface area contributed by atoms with Crippen LogP contribution in [0.4, 0.5) is 0 Å². The standard InChI is InChI=1S/C13H17NO3/c15-11-5-10(4-9-2-1-3-14-7-9)6-12-13(11)17-8-16-12/h5-6,9,14-15H,1-4,7-8H2. The summed E-state index contributed by atoms with van der Waals surface area (Å²) in [5, 5.41) is 13.2. The summed E-state index contributed by atoms with van der Waals surface area (Å²) in [5.41, 5.74) is 1.13. The van der Waals surface area contributed by atoms with E-state index >= 15 is 0 Å². The van der Waals surface area contributed by atoms with Gasteiger partial charge < -0.3 is 19.9 Å². The molecule has 0 radical (unpaired) electrons. The van der Waals surface area contributed by atoms with E-state index < -0.39 is 0 Å². The molecule has 1 atom stereocenters. The quantitative estimate of drug-likeness (QED) is 0.818. The second kappa shape index (κ2) is 4.45. The monoisotopic (exact) mass is 235 g/mol. The lowest BCUT2D eigenvalue weighted by Gasteiger charge is -2.22. The van der Waals surface area contributed by atoms with Crippen molar-refractivity contribution in [3.05, 3.63) is 17.7 Å². The van der Waals surface area contributed by atoms with Crippen LogP contribution in [-0.2, 0) is 6.42 Å². The average Bonchev–Trinajstić information content (AvgIpc) is 2.79. The Hall–Kier alpha value is -1.42.